The molecule has 0 saturated carbocycles. The largest absolute Gasteiger partial charge is 0.352 e. The standard InChI is InChI=1S/C14H17ClN4O.ClH/c15-12-6-2-1-5-10(12)13-11(9-18-19-13)14(20)17-8-4-3-7-16;/h1-2,5-6,9H,3-4,7-8,16H2,(H,17,20)(H,18,19);1H. The molecular weight excluding hydrogens is 311 g/mol. The van der Waals surface area contributed by atoms with E-state index in [1.54, 1.807) is 6.07 Å². The first kappa shape index (κ1) is 17.5. The summed E-state index contributed by atoms with van der Waals surface area (Å²) in [6, 6.07) is 7.33. The van der Waals surface area contributed by atoms with Crippen LogP contribution in [0.4, 0.5) is 0 Å². The van der Waals surface area contributed by atoms with Crippen LogP contribution in [0.25, 0.3) is 11.3 Å². The summed E-state index contributed by atoms with van der Waals surface area (Å²) in [4.78, 5) is 12.1. The summed E-state index contributed by atoms with van der Waals surface area (Å²) in [5.41, 5.74) is 7.30. The molecule has 2 aromatic rings. The van der Waals surface area contributed by atoms with Crippen LogP contribution in [0.3, 0.4) is 0 Å². The van der Waals surface area contributed by atoms with E-state index in [-0.39, 0.29) is 18.3 Å². The van der Waals surface area contributed by atoms with Gasteiger partial charge in [-0.25, -0.2) is 0 Å². The van der Waals surface area contributed by atoms with E-state index in [0.29, 0.717) is 29.4 Å². The number of aromatic amines is 1. The summed E-state index contributed by atoms with van der Waals surface area (Å²) in [6.07, 6.45) is 3.27. The second kappa shape index (κ2) is 8.67. The zero-order valence-electron chi connectivity index (χ0n) is 11.4. The van der Waals surface area contributed by atoms with Crippen molar-refractivity contribution in [2.75, 3.05) is 13.1 Å². The molecule has 7 heteroatoms. The van der Waals surface area contributed by atoms with Gasteiger partial charge in [0.05, 0.1) is 17.5 Å². The molecule has 21 heavy (non-hydrogen) atoms. The molecule has 0 atom stereocenters. The van der Waals surface area contributed by atoms with Crippen molar-refractivity contribution in [1.29, 1.82) is 0 Å². The lowest BCUT2D eigenvalue weighted by atomic mass is 10.1. The Bertz CT molecular complexity index is 586. The van der Waals surface area contributed by atoms with Gasteiger partial charge in [0.2, 0.25) is 0 Å². The smallest absolute Gasteiger partial charge is 0.255 e. The number of carbonyl (C=O) groups excluding carboxylic acids is 1. The fraction of sp³-hybridized carbons (Fsp3) is 0.286. The van der Waals surface area contributed by atoms with Crippen LogP contribution in [-0.4, -0.2) is 29.2 Å². The molecule has 0 spiro atoms. The molecule has 0 aliphatic carbocycles. The molecule has 1 heterocycles. The monoisotopic (exact) mass is 328 g/mol. The van der Waals surface area contributed by atoms with E-state index in [9.17, 15) is 4.79 Å². The van der Waals surface area contributed by atoms with E-state index in [2.05, 4.69) is 15.5 Å². The summed E-state index contributed by atoms with van der Waals surface area (Å²) >= 11 is 6.14. The van der Waals surface area contributed by atoms with E-state index in [4.69, 9.17) is 17.3 Å². The molecule has 1 aromatic heterocycles. The Morgan fingerprint density at radius 3 is 2.81 bits per heavy atom. The predicted molar refractivity (Wildman–Crippen MR) is 86.9 cm³/mol. The van der Waals surface area contributed by atoms with Gasteiger partial charge in [-0.3, -0.25) is 9.89 Å². The van der Waals surface area contributed by atoms with Crippen LogP contribution in [0.5, 0.6) is 0 Å². The van der Waals surface area contributed by atoms with Crippen LogP contribution in [0, 0.1) is 0 Å². The molecular formula is C14H18Cl2N4O. The van der Waals surface area contributed by atoms with Gasteiger partial charge in [0.25, 0.3) is 5.91 Å². The van der Waals surface area contributed by atoms with Crippen molar-refractivity contribution in [2.45, 2.75) is 12.8 Å². The van der Waals surface area contributed by atoms with Crippen LogP contribution >= 0.6 is 24.0 Å². The summed E-state index contributed by atoms with van der Waals surface area (Å²) in [5.74, 6) is -0.161. The van der Waals surface area contributed by atoms with Crippen LogP contribution in [-0.2, 0) is 0 Å². The number of halogens is 2. The second-order valence-corrected chi connectivity index (χ2v) is 4.80. The quantitative estimate of drug-likeness (QED) is 0.712. The highest BCUT2D eigenvalue weighted by molar-refractivity contribution is 6.33. The van der Waals surface area contributed by atoms with Gasteiger partial charge in [0.15, 0.2) is 0 Å². The first-order valence-electron chi connectivity index (χ1n) is 6.50. The minimum atomic E-state index is -0.161. The van der Waals surface area contributed by atoms with E-state index >= 15 is 0 Å². The molecule has 0 saturated heterocycles. The van der Waals surface area contributed by atoms with Crippen molar-refractivity contribution < 1.29 is 4.79 Å². The second-order valence-electron chi connectivity index (χ2n) is 4.39. The number of hydrogen-bond acceptors (Lipinski definition) is 3. The lowest BCUT2D eigenvalue weighted by Gasteiger charge is -2.06. The summed E-state index contributed by atoms with van der Waals surface area (Å²) in [6.45, 7) is 1.23. The molecule has 0 aliphatic rings. The fourth-order valence-electron chi connectivity index (χ4n) is 1.89. The Kier molecular flexibility index (Phi) is 7.22. The molecule has 2 rings (SSSR count). The van der Waals surface area contributed by atoms with Crippen LogP contribution < -0.4 is 11.1 Å². The van der Waals surface area contributed by atoms with Gasteiger partial charge in [-0.05, 0) is 25.5 Å². The number of hydrogen-bond donors (Lipinski definition) is 3. The van der Waals surface area contributed by atoms with E-state index in [0.717, 1.165) is 18.4 Å². The number of aromatic nitrogens is 2. The first-order valence-corrected chi connectivity index (χ1v) is 6.88. The van der Waals surface area contributed by atoms with Crippen molar-refractivity contribution in [3.8, 4) is 11.3 Å². The van der Waals surface area contributed by atoms with Gasteiger partial charge < -0.3 is 11.1 Å². The minimum Gasteiger partial charge on any atom is -0.352 e. The van der Waals surface area contributed by atoms with Crippen molar-refractivity contribution in [3.63, 3.8) is 0 Å². The third kappa shape index (κ3) is 4.46. The number of amides is 1. The Balaban J connectivity index is 0.00000220. The summed E-state index contributed by atoms with van der Waals surface area (Å²) < 4.78 is 0. The number of nitrogens with one attached hydrogen (secondary N) is 2. The van der Waals surface area contributed by atoms with Gasteiger partial charge in [-0.2, -0.15) is 5.10 Å². The molecule has 0 radical (unpaired) electrons. The Morgan fingerprint density at radius 1 is 1.33 bits per heavy atom. The van der Waals surface area contributed by atoms with Gasteiger partial charge in [0, 0.05) is 17.1 Å². The normalized spacial score (nSPS) is 10.0. The van der Waals surface area contributed by atoms with Gasteiger partial charge in [0.1, 0.15) is 0 Å². The number of rotatable bonds is 6. The number of carbonyl (C=O) groups is 1. The average Bonchev–Trinajstić information content (AvgIpc) is 2.93. The molecule has 0 fully saturated rings. The molecule has 1 amide bonds. The first-order chi connectivity index (χ1) is 9.74. The third-order valence-corrected chi connectivity index (χ3v) is 3.27. The predicted octanol–water partition coefficient (Wildman–Crippen LogP) is 2.62. The maximum Gasteiger partial charge on any atom is 0.255 e. The van der Waals surface area contributed by atoms with Gasteiger partial charge in [-0.15, -0.1) is 12.4 Å². The number of benzene rings is 1. The summed E-state index contributed by atoms with van der Waals surface area (Å²) in [5, 5.41) is 10.2. The zero-order valence-corrected chi connectivity index (χ0v) is 13.0. The van der Waals surface area contributed by atoms with Crippen molar-refractivity contribution >= 4 is 29.9 Å². The van der Waals surface area contributed by atoms with Gasteiger partial charge in [-0.1, -0.05) is 29.8 Å². The number of nitrogens with zero attached hydrogens (tertiary/aromatic N) is 1. The highest BCUT2D eigenvalue weighted by Crippen LogP contribution is 2.28. The maximum atomic E-state index is 12.1. The Labute approximate surface area is 134 Å². The zero-order chi connectivity index (χ0) is 14.4. The van der Waals surface area contributed by atoms with Crippen LogP contribution in [0.1, 0.15) is 23.2 Å². The number of unbranched alkanes of at least 4 members (excludes halogenated alkanes) is 1. The number of H-pyrrole nitrogens is 1. The maximum absolute atomic E-state index is 12.1. The van der Waals surface area contributed by atoms with Crippen molar-refractivity contribution in [2.24, 2.45) is 5.73 Å². The van der Waals surface area contributed by atoms with Crippen LogP contribution in [0.2, 0.25) is 5.02 Å². The molecule has 0 unspecified atom stereocenters. The highest BCUT2D eigenvalue weighted by Gasteiger charge is 2.16. The average molecular weight is 329 g/mol. The van der Waals surface area contributed by atoms with E-state index in [1.165, 1.54) is 6.20 Å². The van der Waals surface area contributed by atoms with Crippen molar-refractivity contribution in [3.05, 3.63) is 41.0 Å². The van der Waals surface area contributed by atoms with E-state index in [1.807, 2.05) is 18.2 Å². The fourth-order valence-corrected chi connectivity index (χ4v) is 2.12. The lowest BCUT2D eigenvalue weighted by molar-refractivity contribution is 0.0954. The molecule has 114 valence electrons. The van der Waals surface area contributed by atoms with Crippen molar-refractivity contribution in [1.82, 2.24) is 15.5 Å². The van der Waals surface area contributed by atoms with Crippen LogP contribution in [0.15, 0.2) is 30.5 Å². The molecule has 0 aliphatic heterocycles. The number of nitrogens with two attached hydrogens (primary N) is 1. The minimum absolute atomic E-state index is 0. The Morgan fingerprint density at radius 2 is 2.10 bits per heavy atom. The third-order valence-electron chi connectivity index (χ3n) is 2.94. The molecule has 5 nitrogen and oxygen atoms in total. The summed E-state index contributed by atoms with van der Waals surface area (Å²) in [7, 11) is 0. The molecule has 0 bridgehead atoms. The Hall–Kier alpha value is -1.56. The highest BCUT2D eigenvalue weighted by atomic mass is 35.5. The molecule has 4 N–H and O–H groups in total. The van der Waals surface area contributed by atoms with E-state index < -0.39 is 0 Å². The SMILES string of the molecule is Cl.NCCCCNC(=O)c1cn[nH]c1-c1ccccc1Cl. The lowest BCUT2D eigenvalue weighted by Crippen LogP contribution is -2.25. The van der Waals surface area contributed by atoms with Gasteiger partial charge >= 0.3 is 0 Å². The molecule has 1 aromatic carbocycles. The topological polar surface area (TPSA) is 83.8 Å².